The first-order valence-electron chi connectivity index (χ1n) is 6.40. The number of nitrogens with one attached hydrogen (secondary N) is 1. The van der Waals surface area contributed by atoms with Gasteiger partial charge in [0.2, 0.25) is 5.91 Å². The van der Waals surface area contributed by atoms with Gasteiger partial charge in [-0.15, -0.1) is 0 Å². The van der Waals surface area contributed by atoms with Crippen molar-refractivity contribution in [2.45, 2.75) is 38.9 Å². The molecule has 0 aliphatic carbocycles. The van der Waals surface area contributed by atoms with Crippen molar-refractivity contribution >= 4 is 5.91 Å². The van der Waals surface area contributed by atoms with Gasteiger partial charge in [-0.05, 0) is 19.9 Å². The van der Waals surface area contributed by atoms with Crippen molar-refractivity contribution < 1.29 is 4.79 Å². The lowest BCUT2D eigenvalue weighted by Gasteiger charge is -2.24. The molecule has 0 saturated heterocycles. The van der Waals surface area contributed by atoms with E-state index in [4.69, 9.17) is 5.26 Å². The fourth-order valence-corrected chi connectivity index (χ4v) is 1.90. The maximum absolute atomic E-state index is 12.0. The molecule has 0 fully saturated rings. The highest BCUT2D eigenvalue weighted by molar-refractivity contribution is 5.81. The summed E-state index contributed by atoms with van der Waals surface area (Å²) in [5, 5.41) is 15.9. The van der Waals surface area contributed by atoms with Crippen LogP contribution in [0.2, 0.25) is 0 Å². The Kier molecular flexibility index (Phi) is 6.03. The predicted molar refractivity (Wildman–Crippen MR) is 72.2 cm³/mol. The Morgan fingerprint density at radius 2 is 2.32 bits per heavy atom. The van der Waals surface area contributed by atoms with Crippen molar-refractivity contribution in [2.75, 3.05) is 13.6 Å². The van der Waals surface area contributed by atoms with E-state index in [0.717, 1.165) is 0 Å². The van der Waals surface area contributed by atoms with Crippen molar-refractivity contribution in [3.63, 3.8) is 0 Å². The molecule has 0 saturated carbocycles. The number of likely N-dealkylation sites (N-methyl/N-ethyl adjacent to an activating group) is 1. The highest BCUT2D eigenvalue weighted by Gasteiger charge is 2.18. The average Bonchev–Trinajstić information content (AvgIpc) is 2.87. The molecule has 1 heterocycles. The Bertz CT molecular complexity index is 423. The normalized spacial score (nSPS) is 13.6. The lowest BCUT2D eigenvalue weighted by Crippen LogP contribution is -2.47. The second kappa shape index (κ2) is 7.54. The van der Waals surface area contributed by atoms with Gasteiger partial charge >= 0.3 is 0 Å². The second-order valence-electron chi connectivity index (χ2n) is 4.69. The molecule has 0 aromatic carbocycles. The maximum atomic E-state index is 12.0. The Morgan fingerprint density at radius 3 is 2.89 bits per heavy atom. The fourth-order valence-electron chi connectivity index (χ4n) is 1.90. The zero-order chi connectivity index (χ0) is 14.3. The summed E-state index contributed by atoms with van der Waals surface area (Å²) in [5.74, 6) is 0.00238. The van der Waals surface area contributed by atoms with E-state index in [9.17, 15) is 4.79 Å². The molecule has 19 heavy (non-hydrogen) atoms. The molecule has 1 aromatic rings. The molecule has 6 heteroatoms. The van der Waals surface area contributed by atoms with Gasteiger partial charge in [-0.2, -0.15) is 10.4 Å². The highest BCUT2D eigenvalue weighted by atomic mass is 16.2. The Morgan fingerprint density at radius 1 is 1.58 bits per heavy atom. The van der Waals surface area contributed by atoms with E-state index < -0.39 is 0 Å². The zero-order valence-corrected chi connectivity index (χ0v) is 11.7. The van der Waals surface area contributed by atoms with E-state index in [-0.39, 0.29) is 18.0 Å². The average molecular weight is 263 g/mol. The number of nitrogens with zero attached hydrogens (tertiary/aromatic N) is 4. The van der Waals surface area contributed by atoms with Crippen LogP contribution in [-0.4, -0.2) is 46.3 Å². The van der Waals surface area contributed by atoms with Gasteiger partial charge in [0.05, 0.1) is 25.1 Å². The Balaban J connectivity index is 2.38. The summed E-state index contributed by atoms with van der Waals surface area (Å²) >= 11 is 0. The van der Waals surface area contributed by atoms with Crippen LogP contribution in [-0.2, 0) is 11.3 Å². The molecule has 0 aliphatic heterocycles. The number of nitriles is 1. The first-order chi connectivity index (χ1) is 9.04. The summed E-state index contributed by atoms with van der Waals surface area (Å²) in [6.45, 7) is 5.03. The Hall–Kier alpha value is -1.87. The minimum absolute atomic E-state index is 0.00238. The molecule has 1 rings (SSSR count). The van der Waals surface area contributed by atoms with Crippen LogP contribution >= 0.6 is 0 Å². The van der Waals surface area contributed by atoms with Crippen LogP contribution < -0.4 is 5.32 Å². The van der Waals surface area contributed by atoms with Crippen LogP contribution in [0.4, 0.5) is 0 Å². The van der Waals surface area contributed by atoms with E-state index in [2.05, 4.69) is 10.4 Å². The van der Waals surface area contributed by atoms with Crippen LogP contribution in [0, 0.1) is 11.3 Å². The van der Waals surface area contributed by atoms with Gasteiger partial charge in [-0.25, -0.2) is 0 Å². The summed E-state index contributed by atoms with van der Waals surface area (Å²) in [4.78, 5) is 13.6. The smallest absolute Gasteiger partial charge is 0.239 e. The van der Waals surface area contributed by atoms with Crippen LogP contribution in [0.15, 0.2) is 18.5 Å². The molecule has 0 bridgehead atoms. The van der Waals surface area contributed by atoms with E-state index in [1.165, 1.54) is 0 Å². The fraction of sp³-hybridized carbons (Fsp3) is 0.615. The molecule has 0 unspecified atom stereocenters. The van der Waals surface area contributed by atoms with Gasteiger partial charge in [0.1, 0.15) is 0 Å². The zero-order valence-electron chi connectivity index (χ0n) is 11.7. The van der Waals surface area contributed by atoms with Crippen molar-refractivity contribution in [3.05, 3.63) is 18.5 Å². The van der Waals surface area contributed by atoms with Gasteiger partial charge in [0.15, 0.2) is 0 Å². The molecule has 6 nitrogen and oxygen atoms in total. The number of rotatable bonds is 7. The lowest BCUT2D eigenvalue weighted by molar-refractivity contribution is -0.131. The molecule has 104 valence electrons. The highest BCUT2D eigenvalue weighted by Crippen LogP contribution is 1.97. The summed E-state index contributed by atoms with van der Waals surface area (Å²) in [7, 11) is 1.72. The second-order valence-corrected chi connectivity index (χ2v) is 4.69. The van der Waals surface area contributed by atoms with Crippen molar-refractivity contribution in [1.82, 2.24) is 20.0 Å². The molecule has 1 N–H and O–H groups in total. The molecule has 1 amide bonds. The number of hydrogen-bond donors (Lipinski definition) is 1. The first kappa shape index (κ1) is 15.2. The molecule has 0 radical (unpaired) electrons. The molecule has 2 atom stereocenters. The third-order valence-corrected chi connectivity index (χ3v) is 2.86. The molecular weight excluding hydrogens is 242 g/mol. The number of carbonyl (C=O) groups is 1. The van der Waals surface area contributed by atoms with Crippen LogP contribution in [0.5, 0.6) is 0 Å². The van der Waals surface area contributed by atoms with Gasteiger partial charge in [0.25, 0.3) is 0 Å². The quantitative estimate of drug-likeness (QED) is 0.782. The van der Waals surface area contributed by atoms with Gasteiger partial charge in [0, 0.05) is 32.0 Å². The Labute approximate surface area is 114 Å². The minimum atomic E-state index is -0.269. The third-order valence-electron chi connectivity index (χ3n) is 2.86. The largest absolute Gasteiger partial charge is 0.343 e. The SMILES string of the molecule is C[C@H](Cn1cccn1)N[C@H](C)C(=O)N(C)CCC#N. The number of aromatic nitrogens is 2. The van der Waals surface area contributed by atoms with E-state index in [0.29, 0.717) is 19.5 Å². The van der Waals surface area contributed by atoms with Gasteiger partial charge < -0.3 is 10.2 Å². The van der Waals surface area contributed by atoms with Crippen LogP contribution in [0.1, 0.15) is 20.3 Å². The maximum Gasteiger partial charge on any atom is 0.239 e. The standard InChI is InChI=1S/C13H21N5O/c1-11(10-18-9-5-7-15-18)16-12(2)13(19)17(3)8-4-6-14/h5,7,9,11-12,16H,4,8,10H2,1-3H3/t11-,12-/m1/s1. The van der Waals surface area contributed by atoms with Crippen molar-refractivity contribution in [1.29, 1.82) is 5.26 Å². The number of amides is 1. The topological polar surface area (TPSA) is 74.0 Å². The third kappa shape index (κ3) is 5.10. The summed E-state index contributed by atoms with van der Waals surface area (Å²) in [5.41, 5.74) is 0. The summed E-state index contributed by atoms with van der Waals surface area (Å²) in [6, 6.07) is 3.78. The summed E-state index contributed by atoms with van der Waals surface area (Å²) in [6.07, 6.45) is 3.98. The van der Waals surface area contributed by atoms with Crippen LogP contribution in [0.25, 0.3) is 0 Å². The van der Waals surface area contributed by atoms with Gasteiger partial charge in [-0.1, -0.05) is 0 Å². The van der Waals surface area contributed by atoms with Crippen LogP contribution in [0.3, 0.4) is 0 Å². The first-order valence-corrected chi connectivity index (χ1v) is 6.40. The van der Waals surface area contributed by atoms with Gasteiger partial charge in [-0.3, -0.25) is 9.48 Å². The van der Waals surface area contributed by atoms with E-state index in [1.54, 1.807) is 18.1 Å². The van der Waals surface area contributed by atoms with E-state index >= 15 is 0 Å². The molecular formula is C13H21N5O. The predicted octanol–water partition coefficient (Wildman–Crippen LogP) is 0.622. The number of hydrogen-bond acceptors (Lipinski definition) is 4. The lowest BCUT2D eigenvalue weighted by atomic mass is 10.2. The monoisotopic (exact) mass is 263 g/mol. The van der Waals surface area contributed by atoms with E-state index in [1.807, 2.05) is 36.9 Å². The minimum Gasteiger partial charge on any atom is -0.343 e. The number of carbonyl (C=O) groups excluding carboxylic acids is 1. The molecule has 0 spiro atoms. The van der Waals surface area contributed by atoms with Crippen molar-refractivity contribution in [3.8, 4) is 6.07 Å². The molecule has 0 aliphatic rings. The summed E-state index contributed by atoms with van der Waals surface area (Å²) < 4.78 is 1.83. The van der Waals surface area contributed by atoms with Crippen molar-refractivity contribution in [2.24, 2.45) is 0 Å². The molecule has 1 aromatic heterocycles.